The van der Waals surface area contributed by atoms with Crippen molar-refractivity contribution in [1.29, 1.82) is 0 Å². The van der Waals surface area contributed by atoms with Gasteiger partial charge < -0.3 is 14.2 Å². The van der Waals surface area contributed by atoms with Crippen LogP contribution in [0.1, 0.15) is 97.7 Å². The quantitative estimate of drug-likeness (QED) is 0.135. The summed E-state index contributed by atoms with van der Waals surface area (Å²) in [6.07, 6.45) is 9.27. The number of rotatable bonds is 12. The SMILES string of the molecule is CCCCCCCCn1c(C)c(C2(c3ccc(N(CC)CC)cc3C)OC(=O)c3cccnc32)c2ccccc21. The Morgan fingerprint density at radius 3 is 2.40 bits per heavy atom. The monoisotopic (exact) mass is 537 g/mol. The van der Waals surface area contributed by atoms with E-state index in [1.807, 2.05) is 12.1 Å². The van der Waals surface area contributed by atoms with E-state index in [9.17, 15) is 4.79 Å². The molecule has 0 saturated carbocycles. The minimum Gasteiger partial charge on any atom is -0.439 e. The second-order valence-electron chi connectivity index (χ2n) is 11.0. The molecule has 4 aromatic rings. The van der Waals surface area contributed by atoms with E-state index >= 15 is 0 Å². The minimum atomic E-state index is -1.12. The van der Waals surface area contributed by atoms with Crippen molar-refractivity contribution in [2.45, 2.75) is 85.3 Å². The number of hydrogen-bond donors (Lipinski definition) is 0. The van der Waals surface area contributed by atoms with Crippen molar-refractivity contribution in [3.8, 4) is 0 Å². The highest BCUT2D eigenvalue weighted by Crippen LogP contribution is 2.51. The number of carbonyl (C=O) groups is 1. The van der Waals surface area contributed by atoms with Crippen molar-refractivity contribution in [3.05, 3.63) is 94.4 Å². The number of carbonyl (C=O) groups excluding carboxylic acids is 1. The van der Waals surface area contributed by atoms with E-state index < -0.39 is 5.60 Å². The standard InChI is InChI=1S/C35H43N3O2/c1-6-9-10-11-12-15-23-38-26(5)32(28-17-13-14-19-31(28)38)35(33-29(34(39)40-35)18-16-22-36-33)30-21-20-27(24-25(30)4)37(7-2)8-3/h13-14,16-22,24H,6-12,15,23H2,1-5H3. The van der Waals surface area contributed by atoms with E-state index in [1.54, 1.807) is 6.20 Å². The van der Waals surface area contributed by atoms with Crippen molar-refractivity contribution in [3.63, 3.8) is 0 Å². The maximum Gasteiger partial charge on any atom is 0.341 e. The number of ether oxygens (including phenoxy) is 1. The van der Waals surface area contributed by atoms with E-state index in [0.717, 1.165) is 53.8 Å². The minimum absolute atomic E-state index is 0.317. The molecular formula is C35H43N3O2. The van der Waals surface area contributed by atoms with Crippen LogP contribution in [0.25, 0.3) is 10.9 Å². The lowest BCUT2D eigenvalue weighted by molar-refractivity contribution is 0.0244. The van der Waals surface area contributed by atoms with Gasteiger partial charge in [-0.3, -0.25) is 4.98 Å². The molecule has 0 bridgehead atoms. The lowest BCUT2D eigenvalue weighted by Gasteiger charge is -2.32. The lowest BCUT2D eigenvalue weighted by Crippen LogP contribution is -2.32. The molecule has 1 aliphatic heterocycles. The Labute approximate surface area is 239 Å². The van der Waals surface area contributed by atoms with E-state index in [0.29, 0.717) is 11.3 Å². The molecule has 2 aromatic heterocycles. The maximum atomic E-state index is 13.5. The first-order chi connectivity index (χ1) is 19.5. The van der Waals surface area contributed by atoms with Crippen LogP contribution in [0.5, 0.6) is 0 Å². The van der Waals surface area contributed by atoms with E-state index in [-0.39, 0.29) is 5.97 Å². The summed E-state index contributed by atoms with van der Waals surface area (Å²) in [5, 5.41) is 1.12. The smallest absolute Gasteiger partial charge is 0.341 e. The van der Waals surface area contributed by atoms with Gasteiger partial charge in [-0.2, -0.15) is 0 Å². The number of cyclic esters (lactones) is 1. The molecule has 1 atom stereocenters. The van der Waals surface area contributed by atoms with Crippen LogP contribution in [-0.2, 0) is 16.9 Å². The van der Waals surface area contributed by atoms with Crippen LogP contribution < -0.4 is 4.90 Å². The van der Waals surface area contributed by atoms with E-state index in [2.05, 4.69) is 86.6 Å². The third kappa shape index (κ3) is 4.70. The van der Waals surface area contributed by atoms with Gasteiger partial charge in [0.15, 0.2) is 0 Å². The predicted octanol–water partition coefficient (Wildman–Crippen LogP) is 8.32. The fraction of sp³-hybridized carbons (Fsp3) is 0.429. The number of fused-ring (bicyclic) bond motifs is 2. The molecule has 5 heteroatoms. The molecule has 1 unspecified atom stereocenters. The number of benzene rings is 2. The van der Waals surface area contributed by atoms with Crippen molar-refractivity contribution < 1.29 is 9.53 Å². The highest BCUT2D eigenvalue weighted by Gasteiger charge is 2.53. The maximum absolute atomic E-state index is 13.5. The van der Waals surface area contributed by atoms with Gasteiger partial charge >= 0.3 is 5.97 Å². The molecule has 0 amide bonds. The average molecular weight is 538 g/mol. The van der Waals surface area contributed by atoms with Crippen LogP contribution in [0.3, 0.4) is 0 Å². The molecule has 1 aliphatic rings. The number of unbranched alkanes of at least 4 members (excludes halogenated alkanes) is 5. The number of hydrogen-bond acceptors (Lipinski definition) is 4. The van der Waals surface area contributed by atoms with Gasteiger partial charge in [0.2, 0.25) is 5.60 Å². The first-order valence-corrected chi connectivity index (χ1v) is 15.1. The number of nitrogens with zero attached hydrogens (tertiary/aromatic N) is 3. The van der Waals surface area contributed by atoms with Gasteiger partial charge in [-0.1, -0.05) is 63.3 Å². The summed E-state index contributed by atoms with van der Waals surface area (Å²) < 4.78 is 9.00. The number of aromatic nitrogens is 2. The second-order valence-corrected chi connectivity index (χ2v) is 11.0. The fourth-order valence-electron chi connectivity index (χ4n) is 6.62. The van der Waals surface area contributed by atoms with Crippen molar-refractivity contribution in [1.82, 2.24) is 9.55 Å². The Hall–Kier alpha value is -3.60. The van der Waals surface area contributed by atoms with Gasteiger partial charge in [0.1, 0.15) is 5.69 Å². The summed E-state index contributed by atoms with van der Waals surface area (Å²) in [5.41, 5.74) is 6.69. The zero-order chi connectivity index (χ0) is 28.3. The van der Waals surface area contributed by atoms with Crippen LogP contribution in [0.2, 0.25) is 0 Å². The molecular weight excluding hydrogens is 494 g/mol. The fourth-order valence-corrected chi connectivity index (χ4v) is 6.62. The van der Waals surface area contributed by atoms with Gasteiger partial charge in [-0.25, -0.2) is 4.79 Å². The van der Waals surface area contributed by atoms with Gasteiger partial charge in [0, 0.05) is 59.2 Å². The van der Waals surface area contributed by atoms with Crippen LogP contribution in [-0.4, -0.2) is 28.6 Å². The van der Waals surface area contributed by atoms with Crippen molar-refractivity contribution >= 4 is 22.6 Å². The van der Waals surface area contributed by atoms with Crippen LogP contribution in [0.15, 0.2) is 60.8 Å². The summed E-state index contributed by atoms with van der Waals surface area (Å²) in [4.78, 5) is 20.7. The molecule has 0 saturated heterocycles. The average Bonchev–Trinajstić information content (AvgIpc) is 3.42. The largest absolute Gasteiger partial charge is 0.439 e. The Morgan fingerprint density at radius 1 is 0.900 bits per heavy atom. The predicted molar refractivity (Wildman–Crippen MR) is 164 cm³/mol. The zero-order valence-corrected chi connectivity index (χ0v) is 24.8. The van der Waals surface area contributed by atoms with E-state index in [4.69, 9.17) is 9.72 Å². The second kappa shape index (κ2) is 11.9. The summed E-state index contributed by atoms with van der Waals surface area (Å²) in [7, 11) is 0. The van der Waals surface area contributed by atoms with Gasteiger partial charge in [-0.15, -0.1) is 0 Å². The lowest BCUT2D eigenvalue weighted by atomic mass is 9.79. The van der Waals surface area contributed by atoms with Gasteiger partial charge in [0.25, 0.3) is 0 Å². The Bertz CT molecular complexity index is 1500. The van der Waals surface area contributed by atoms with Crippen LogP contribution >= 0.6 is 0 Å². The number of esters is 1. The molecule has 40 heavy (non-hydrogen) atoms. The van der Waals surface area contributed by atoms with E-state index in [1.165, 1.54) is 43.3 Å². The molecule has 210 valence electrons. The van der Waals surface area contributed by atoms with Gasteiger partial charge in [0.05, 0.1) is 5.56 Å². The molecule has 0 spiro atoms. The van der Waals surface area contributed by atoms with Gasteiger partial charge in [-0.05, 0) is 70.0 Å². The normalized spacial score (nSPS) is 16.4. The third-order valence-electron chi connectivity index (χ3n) is 8.64. The number of pyridine rings is 1. The summed E-state index contributed by atoms with van der Waals surface area (Å²) in [6.45, 7) is 13.7. The summed E-state index contributed by atoms with van der Waals surface area (Å²) in [5.74, 6) is -0.317. The molecule has 0 radical (unpaired) electrons. The third-order valence-corrected chi connectivity index (χ3v) is 8.64. The Balaban J connectivity index is 1.70. The molecule has 5 nitrogen and oxygen atoms in total. The van der Waals surface area contributed by atoms with Crippen LogP contribution in [0.4, 0.5) is 5.69 Å². The molecule has 2 aromatic carbocycles. The number of anilines is 1. The number of para-hydroxylation sites is 1. The Kier molecular flexibility index (Phi) is 8.30. The first-order valence-electron chi connectivity index (χ1n) is 15.1. The highest BCUT2D eigenvalue weighted by molar-refractivity contribution is 5.98. The molecule has 0 aliphatic carbocycles. The highest BCUT2D eigenvalue weighted by atomic mass is 16.6. The molecule has 0 N–H and O–H groups in total. The van der Waals surface area contributed by atoms with Crippen molar-refractivity contribution in [2.24, 2.45) is 0 Å². The van der Waals surface area contributed by atoms with Crippen molar-refractivity contribution in [2.75, 3.05) is 18.0 Å². The van der Waals surface area contributed by atoms with Crippen LogP contribution in [0, 0.1) is 13.8 Å². The Morgan fingerprint density at radius 2 is 1.65 bits per heavy atom. The summed E-state index contributed by atoms with van der Waals surface area (Å²) >= 11 is 0. The topological polar surface area (TPSA) is 47.4 Å². The zero-order valence-electron chi connectivity index (χ0n) is 24.8. The molecule has 0 fully saturated rings. The number of aryl methyl sites for hydroxylation is 2. The summed E-state index contributed by atoms with van der Waals surface area (Å²) in [6, 6.07) is 18.8. The first kappa shape index (κ1) is 27.9. The molecule has 5 rings (SSSR count). The molecule has 3 heterocycles.